The van der Waals surface area contributed by atoms with Crippen LogP contribution in [0.1, 0.15) is 64.0 Å². The summed E-state index contributed by atoms with van der Waals surface area (Å²) < 4.78 is 0. The van der Waals surface area contributed by atoms with Gasteiger partial charge < -0.3 is 5.11 Å². The molecule has 0 heterocycles. The van der Waals surface area contributed by atoms with Crippen LogP contribution in [0, 0.1) is 0 Å². The molecule has 1 unspecified atom stereocenters. The number of unbranched alkanes of at least 4 members (excludes halogenated alkanes) is 2. The van der Waals surface area contributed by atoms with E-state index < -0.39 is 5.60 Å². The van der Waals surface area contributed by atoms with Gasteiger partial charge >= 0.3 is 0 Å². The van der Waals surface area contributed by atoms with E-state index in [9.17, 15) is 5.11 Å². The molecule has 96 valence electrons. The Balaban J connectivity index is 2.75. The first-order valence-electron chi connectivity index (χ1n) is 6.92. The monoisotopic (exact) mass is 234 g/mol. The van der Waals surface area contributed by atoms with Crippen molar-refractivity contribution in [3.05, 3.63) is 35.4 Å². The van der Waals surface area contributed by atoms with Crippen LogP contribution in [0.5, 0.6) is 0 Å². The molecule has 0 aliphatic heterocycles. The molecule has 1 rings (SSSR count). The van der Waals surface area contributed by atoms with Crippen LogP contribution < -0.4 is 0 Å². The zero-order valence-electron chi connectivity index (χ0n) is 11.5. The maximum Gasteiger partial charge on any atom is 0.0868 e. The average molecular weight is 234 g/mol. The Morgan fingerprint density at radius 1 is 1.12 bits per heavy atom. The van der Waals surface area contributed by atoms with Crippen molar-refractivity contribution < 1.29 is 5.11 Å². The van der Waals surface area contributed by atoms with E-state index in [2.05, 4.69) is 32.0 Å². The first-order chi connectivity index (χ1) is 8.10. The van der Waals surface area contributed by atoms with Crippen molar-refractivity contribution in [1.29, 1.82) is 0 Å². The third kappa shape index (κ3) is 4.51. The highest BCUT2D eigenvalue weighted by molar-refractivity contribution is 5.27. The van der Waals surface area contributed by atoms with Crippen molar-refractivity contribution in [1.82, 2.24) is 0 Å². The SMILES string of the molecule is CCCCc1cccc(C(C)(O)CCCC)c1. The number of hydrogen-bond donors (Lipinski definition) is 1. The number of aliphatic hydroxyl groups is 1. The van der Waals surface area contributed by atoms with Crippen molar-refractivity contribution in [2.45, 2.75) is 64.9 Å². The highest BCUT2D eigenvalue weighted by Crippen LogP contribution is 2.27. The first kappa shape index (κ1) is 14.2. The number of hydrogen-bond acceptors (Lipinski definition) is 1. The molecule has 0 amide bonds. The lowest BCUT2D eigenvalue weighted by molar-refractivity contribution is 0.0453. The Hall–Kier alpha value is -0.820. The summed E-state index contributed by atoms with van der Waals surface area (Å²) in [6.07, 6.45) is 6.61. The Labute approximate surface area is 106 Å². The third-order valence-corrected chi connectivity index (χ3v) is 3.39. The summed E-state index contributed by atoms with van der Waals surface area (Å²) in [6.45, 7) is 6.30. The van der Waals surface area contributed by atoms with Crippen molar-refractivity contribution in [3.63, 3.8) is 0 Å². The largest absolute Gasteiger partial charge is 0.385 e. The highest BCUT2D eigenvalue weighted by Gasteiger charge is 2.22. The molecule has 1 nitrogen and oxygen atoms in total. The van der Waals surface area contributed by atoms with Gasteiger partial charge in [-0.2, -0.15) is 0 Å². The van der Waals surface area contributed by atoms with Crippen LogP contribution in [-0.4, -0.2) is 5.11 Å². The Morgan fingerprint density at radius 3 is 2.47 bits per heavy atom. The fourth-order valence-electron chi connectivity index (χ4n) is 2.11. The second-order valence-electron chi connectivity index (χ2n) is 5.18. The second-order valence-corrected chi connectivity index (χ2v) is 5.18. The van der Waals surface area contributed by atoms with Crippen LogP contribution in [-0.2, 0) is 12.0 Å². The smallest absolute Gasteiger partial charge is 0.0868 e. The molecule has 0 saturated carbocycles. The fourth-order valence-corrected chi connectivity index (χ4v) is 2.11. The maximum atomic E-state index is 10.5. The van der Waals surface area contributed by atoms with E-state index in [1.54, 1.807) is 0 Å². The van der Waals surface area contributed by atoms with E-state index in [0.717, 1.165) is 31.2 Å². The minimum absolute atomic E-state index is 0.668. The Morgan fingerprint density at radius 2 is 1.82 bits per heavy atom. The Kier molecular flexibility index (Phi) is 5.70. The molecule has 0 aromatic heterocycles. The lowest BCUT2D eigenvalue weighted by atomic mass is 9.89. The lowest BCUT2D eigenvalue weighted by Gasteiger charge is -2.24. The van der Waals surface area contributed by atoms with Crippen molar-refractivity contribution in [2.24, 2.45) is 0 Å². The normalized spacial score (nSPS) is 14.6. The van der Waals surface area contributed by atoms with Crippen molar-refractivity contribution in [3.8, 4) is 0 Å². The minimum atomic E-state index is -0.668. The van der Waals surface area contributed by atoms with Gasteiger partial charge in [0, 0.05) is 0 Å². The van der Waals surface area contributed by atoms with E-state index in [1.165, 1.54) is 18.4 Å². The number of rotatable bonds is 7. The molecule has 0 radical (unpaired) electrons. The molecule has 0 saturated heterocycles. The Bertz CT molecular complexity index is 328. The van der Waals surface area contributed by atoms with Crippen LogP contribution in [0.3, 0.4) is 0 Å². The first-order valence-corrected chi connectivity index (χ1v) is 6.92. The molecule has 1 atom stereocenters. The van der Waals surface area contributed by atoms with Crippen LogP contribution in [0.2, 0.25) is 0 Å². The number of aryl methyl sites for hydroxylation is 1. The molecular formula is C16H26O. The van der Waals surface area contributed by atoms with Gasteiger partial charge in [-0.05, 0) is 37.3 Å². The standard InChI is InChI=1S/C16H26O/c1-4-6-9-14-10-8-11-15(13-14)16(3,17)12-7-5-2/h8,10-11,13,17H,4-7,9,12H2,1-3H3. The summed E-state index contributed by atoms with van der Waals surface area (Å²) in [5.41, 5.74) is 1.75. The van der Waals surface area contributed by atoms with Crippen LogP contribution in [0.25, 0.3) is 0 Å². The molecule has 0 bridgehead atoms. The van der Waals surface area contributed by atoms with Gasteiger partial charge in [-0.3, -0.25) is 0 Å². The quantitative estimate of drug-likeness (QED) is 0.740. The summed E-state index contributed by atoms with van der Waals surface area (Å²) in [5.74, 6) is 0. The number of benzene rings is 1. The van der Waals surface area contributed by atoms with Gasteiger partial charge in [-0.1, -0.05) is 57.4 Å². The summed E-state index contributed by atoms with van der Waals surface area (Å²) in [6, 6.07) is 8.45. The highest BCUT2D eigenvalue weighted by atomic mass is 16.3. The van der Waals surface area contributed by atoms with Gasteiger partial charge in [0.1, 0.15) is 0 Å². The predicted octanol–water partition coefficient (Wildman–Crippen LogP) is 4.43. The molecule has 0 fully saturated rings. The third-order valence-electron chi connectivity index (χ3n) is 3.39. The summed E-state index contributed by atoms with van der Waals surface area (Å²) in [5, 5.41) is 10.5. The average Bonchev–Trinajstić information content (AvgIpc) is 2.34. The van der Waals surface area contributed by atoms with Gasteiger partial charge in [0.2, 0.25) is 0 Å². The minimum Gasteiger partial charge on any atom is -0.385 e. The van der Waals surface area contributed by atoms with E-state index in [-0.39, 0.29) is 0 Å². The molecule has 1 heteroatoms. The zero-order valence-corrected chi connectivity index (χ0v) is 11.5. The maximum absolute atomic E-state index is 10.5. The molecule has 1 aromatic carbocycles. The van der Waals surface area contributed by atoms with E-state index in [4.69, 9.17) is 0 Å². The second kappa shape index (κ2) is 6.80. The van der Waals surface area contributed by atoms with Crippen molar-refractivity contribution >= 4 is 0 Å². The van der Waals surface area contributed by atoms with Gasteiger partial charge in [-0.15, -0.1) is 0 Å². The van der Waals surface area contributed by atoms with Crippen LogP contribution >= 0.6 is 0 Å². The van der Waals surface area contributed by atoms with Gasteiger partial charge in [0.25, 0.3) is 0 Å². The summed E-state index contributed by atoms with van der Waals surface area (Å²) in [7, 11) is 0. The molecule has 0 aliphatic carbocycles. The summed E-state index contributed by atoms with van der Waals surface area (Å²) in [4.78, 5) is 0. The summed E-state index contributed by atoms with van der Waals surface area (Å²) >= 11 is 0. The van der Waals surface area contributed by atoms with Crippen molar-refractivity contribution in [2.75, 3.05) is 0 Å². The molecular weight excluding hydrogens is 208 g/mol. The van der Waals surface area contributed by atoms with E-state index in [0.29, 0.717) is 0 Å². The fraction of sp³-hybridized carbons (Fsp3) is 0.625. The lowest BCUT2D eigenvalue weighted by Crippen LogP contribution is -2.21. The molecule has 0 aliphatic rings. The van der Waals surface area contributed by atoms with E-state index >= 15 is 0 Å². The van der Waals surface area contributed by atoms with Gasteiger partial charge in [-0.25, -0.2) is 0 Å². The van der Waals surface area contributed by atoms with Crippen LogP contribution in [0.15, 0.2) is 24.3 Å². The molecule has 1 N–H and O–H groups in total. The molecule has 0 spiro atoms. The molecule has 17 heavy (non-hydrogen) atoms. The van der Waals surface area contributed by atoms with Crippen LogP contribution in [0.4, 0.5) is 0 Å². The topological polar surface area (TPSA) is 20.2 Å². The molecule has 1 aromatic rings. The predicted molar refractivity (Wildman–Crippen MR) is 74.1 cm³/mol. The van der Waals surface area contributed by atoms with Gasteiger partial charge in [0.15, 0.2) is 0 Å². The van der Waals surface area contributed by atoms with Gasteiger partial charge in [0.05, 0.1) is 5.60 Å². The zero-order chi connectivity index (χ0) is 12.7. The van der Waals surface area contributed by atoms with E-state index in [1.807, 2.05) is 13.0 Å².